The Bertz CT molecular complexity index is 836. The molecule has 0 atom stereocenters. The SMILES string of the molecule is Cc1nn(C)c(C)c1CCC(=O)N1CCN(C(=O)c2ccc(Cl)cc2)CC1. The number of hydrogen-bond donors (Lipinski definition) is 0. The van der Waals surface area contributed by atoms with E-state index in [4.69, 9.17) is 11.6 Å². The molecule has 2 amide bonds. The van der Waals surface area contributed by atoms with Crippen LogP contribution in [0.15, 0.2) is 24.3 Å². The van der Waals surface area contributed by atoms with Crippen molar-refractivity contribution in [2.24, 2.45) is 7.05 Å². The van der Waals surface area contributed by atoms with E-state index in [0.717, 1.165) is 17.0 Å². The molecule has 27 heavy (non-hydrogen) atoms. The van der Waals surface area contributed by atoms with E-state index in [1.165, 1.54) is 0 Å². The highest BCUT2D eigenvalue weighted by atomic mass is 35.5. The second kappa shape index (κ2) is 8.13. The number of aryl methyl sites for hydroxylation is 2. The molecule has 1 saturated heterocycles. The van der Waals surface area contributed by atoms with Gasteiger partial charge in [0, 0.05) is 55.9 Å². The Morgan fingerprint density at radius 3 is 2.19 bits per heavy atom. The first-order valence-electron chi connectivity index (χ1n) is 9.18. The maximum atomic E-state index is 12.6. The molecule has 7 heteroatoms. The second-order valence-corrected chi connectivity index (χ2v) is 7.39. The highest BCUT2D eigenvalue weighted by molar-refractivity contribution is 6.30. The Kier molecular flexibility index (Phi) is 5.85. The quantitative estimate of drug-likeness (QED) is 0.808. The van der Waals surface area contributed by atoms with Crippen molar-refractivity contribution in [2.75, 3.05) is 26.2 Å². The standard InChI is InChI=1S/C20H25ClN4O2/c1-14-18(15(2)23(3)22-14)8-9-19(26)24-10-12-25(13-11-24)20(27)16-4-6-17(21)7-5-16/h4-7H,8-13H2,1-3H3. The van der Waals surface area contributed by atoms with Crippen LogP contribution in [0, 0.1) is 13.8 Å². The number of benzene rings is 1. The number of piperazine rings is 1. The van der Waals surface area contributed by atoms with E-state index in [2.05, 4.69) is 5.10 Å². The molecule has 0 radical (unpaired) electrons. The number of carbonyl (C=O) groups is 2. The molecule has 0 spiro atoms. The monoisotopic (exact) mass is 388 g/mol. The fourth-order valence-electron chi connectivity index (χ4n) is 3.50. The molecule has 0 saturated carbocycles. The highest BCUT2D eigenvalue weighted by Gasteiger charge is 2.25. The third-order valence-electron chi connectivity index (χ3n) is 5.26. The van der Waals surface area contributed by atoms with Crippen LogP contribution in [0.5, 0.6) is 0 Å². The second-order valence-electron chi connectivity index (χ2n) is 6.95. The van der Waals surface area contributed by atoms with E-state index >= 15 is 0 Å². The summed E-state index contributed by atoms with van der Waals surface area (Å²) < 4.78 is 1.86. The molecule has 0 N–H and O–H groups in total. The first kappa shape index (κ1) is 19.4. The van der Waals surface area contributed by atoms with Gasteiger partial charge in [-0.1, -0.05) is 11.6 Å². The van der Waals surface area contributed by atoms with Crippen LogP contribution in [0.3, 0.4) is 0 Å². The zero-order valence-corrected chi connectivity index (χ0v) is 16.8. The van der Waals surface area contributed by atoms with Crippen LogP contribution in [-0.4, -0.2) is 57.6 Å². The van der Waals surface area contributed by atoms with Crippen molar-refractivity contribution in [1.82, 2.24) is 19.6 Å². The van der Waals surface area contributed by atoms with Crippen molar-refractivity contribution in [1.29, 1.82) is 0 Å². The molecule has 2 heterocycles. The molecule has 144 valence electrons. The number of nitrogens with zero attached hydrogens (tertiary/aromatic N) is 4. The lowest BCUT2D eigenvalue weighted by molar-refractivity contribution is -0.132. The molecular weight excluding hydrogens is 364 g/mol. The van der Waals surface area contributed by atoms with Gasteiger partial charge in [0.2, 0.25) is 5.91 Å². The van der Waals surface area contributed by atoms with Crippen LogP contribution in [0.1, 0.15) is 33.7 Å². The molecule has 1 aromatic heterocycles. The summed E-state index contributed by atoms with van der Waals surface area (Å²) in [6, 6.07) is 6.91. The van der Waals surface area contributed by atoms with Gasteiger partial charge in [0.1, 0.15) is 0 Å². The van der Waals surface area contributed by atoms with Crippen molar-refractivity contribution < 1.29 is 9.59 Å². The van der Waals surface area contributed by atoms with Crippen molar-refractivity contribution in [2.45, 2.75) is 26.7 Å². The van der Waals surface area contributed by atoms with Gasteiger partial charge in [-0.15, -0.1) is 0 Å². The van der Waals surface area contributed by atoms with Crippen LogP contribution >= 0.6 is 11.6 Å². The normalized spacial score (nSPS) is 14.5. The van der Waals surface area contributed by atoms with Gasteiger partial charge < -0.3 is 9.80 Å². The average Bonchev–Trinajstić information content (AvgIpc) is 2.91. The fraction of sp³-hybridized carbons (Fsp3) is 0.450. The summed E-state index contributed by atoms with van der Waals surface area (Å²) in [5.74, 6) is 0.122. The summed E-state index contributed by atoms with van der Waals surface area (Å²) in [5, 5.41) is 5.02. The number of amides is 2. The molecule has 0 bridgehead atoms. The van der Waals surface area contributed by atoms with Crippen LogP contribution < -0.4 is 0 Å². The Morgan fingerprint density at radius 2 is 1.63 bits per heavy atom. The number of aromatic nitrogens is 2. The van der Waals surface area contributed by atoms with Gasteiger partial charge in [-0.3, -0.25) is 14.3 Å². The number of carbonyl (C=O) groups excluding carboxylic acids is 2. The lowest BCUT2D eigenvalue weighted by Gasteiger charge is -2.35. The Labute approximate surface area is 164 Å². The third kappa shape index (κ3) is 4.33. The molecule has 1 aliphatic rings. The maximum absolute atomic E-state index is 12.6. The topological polar surface area (TPSA) is 58.4 Å². The summed E-state index contributed by atoms with van der Waals surface area (Å²) in [6.07, 6.45) is 1.17. The van der Waals surface area contributed by atoms with Gasteiger partial charge in [-0.2, -0.15) is 5.10 Å². The molecular formula is C20H25ClN4O2. The lowest BCUT2D eigenvalue weighted by Crippen LogP contribution is -2.50. The van der Waals surface area contributed by atoms with E-state index < -0.39 is 0 Å². The molecule has 3 rings (SSSR count). The summed E-state index contributed by atoms with van der Waals surface area (Å²) in [5.41, 5.74) is 3.88. The molecule has 2 aromatic rings. The van der Waals surface area contributed by atoms with Crippen LogP contribution in [0.25, 0.3) is 0 Å². The van der Waals surface area contributed by atoms with E-state index in [-0.39, 0.29) is 11.8 Å². The van der Waals surface area contributed by atoms with E-state index in [1.54, 1.807) is 29.2 Å². The van der Waals surface area contributed by atoms with Gasteiger partial charge in [0.15, 0.2) is 0 Å². The van der Waals surface area contributed by atoms with Gasteiger partial charge in [-0.05, 0) is 50.1 Å². The summed E-state index contributed by atoms with van der Waals surface area (Å²) >= 11 is 5.88. The van der Waals surface area contributed by atoms with Gasteiger partial charge >= 0.3 is 0 Å². The van der Waals surface area contributed by atoms with E-state index in [9.17, 15) is 9.59 Å². The molecule has 6 nitrogen and oxygen atoms in total. The highest BCUT2D eigenvalue weighted by Crippen LogP contribution is 2.16. The van der Waals surface area contributed by atoms with Crippen LogP contribution in [-0.2, 0) is 18.3 Å². The molecule has 0 aliphatic carbocycles. The van der Waals surface area contributed by atoms with Gasteiger partial charge in [-0.25, -0.2) is 0 Å². The molecule has 1 aliphatic heterocycles. The maximum Gasteiger partial charge on any atom is 0.253 e. The van der Waals surface area contributed by atoms with Gasteiger partial charge in [0.05, 0.1) is 5.69 Å². The number of halogens is 1. The fourth-order valence-corrected chi connectivity index (χ4v) is 3.63. The third-order valence-corrected chi connectivity index (χ3v) is 5.51. The summed E-state index contributed by atoms with van der Waals surface area (Å²) in [6.45, 7) is 6.26. The minimum absolute atomic E-state index is 0.0135. The smallest absolute Gasteiger partial charge is 0.253 e. The number of rotatable bonds is 4. The minimum Gasteiger partial charge on any atom is -0.339 e. The Hall–Kier alpha value is -2.34. The van der Waals surface area contributed by atoms with E-state index in [0.29, 0.717) is 49.6 Å². The predicted octanol–water partition coefficient (Wildman–Crippen LogP) is 2.61. The molecule has 1 fully saturated rings. The minimum atomic E-state index is -0.0135. The van der Waals surface area contributed by atoms with Crippen molar-refractivity contribution in [3.05, 3.63) is 51.8 Å². The first-order valence-corrected chi connectivity index (χ1v) is 9.56. The zero-order valence-electron chi connectivity index (χ0n) is 16.0. The summed E-state index contributed by atoms with van der Waals surface area (Å²) in [4.78, 5) is 28.8. The number of hydrogen-bond acceptors (Lipinski definition) is 3. The van der Waals surface area contributed by atoms with Crippen LogP contribution in [0.2, 0.25) is 5.02 Å². The Morgan fingerprint density at radius 1 is 1.04 bits per heavy atom. The van der Waals surface area contributed by atoms with E-state index in [1.807, 2.05) is 30.5 Å². The predicted molar refractivity (Wildman–Crippen MR) is 105 cm³/mol. The first-order chi connectivity index (χ1) is 12.9. The van der Waals surface area contributed by atoms with Crippen LogP contribution in [0.4, 0.5) is 0 Å². The average molecular weight is 389 g/mol. The van der Waals surface area contributed by atoms with Crippen molar-refractivity contribution in [3.63, 3.8) is 0 Å². The Balaban J connectivity index is 1.51. The lowest BCUT2D eigenvalue weighted by atomic mass is 10.1. The van der Waals surface area contributed by atoms with Gasteiger partial charge in [0.25, 0.3) is 5.91 Å². The summed E-state index contributed by atoms with van der Waals surface area (Å²) in [7, 11) is 1.92. The molecule has 1 aromatic carbocycles. The van der Waals surface area contributed by atoms with Crippen molar-refractivity contribution >= 4 is 23.4 Å². The molecule has 0 unspecified atom stereocenters. The van der Waals surface area contributed by atoms with Crippen molar-refractivity contribution in [3.8, 4) is 0 Å². The zero-order chi connectivity index (χ0) is 19.6. The largest absolute Gasteiger partial charge is 0.339 e.